The predicted octanol–water partition coefficient (Wildman–Crippen LogP) is 1.23. The summed E-state index contributed by atoms with van der Waals surface area (Å²) in [5.41, 5.74) is 1.98. The molecule has 0 unspecified atom stereocenters. The molecular formula is C15H24N2O3. The smallest absolute Gasteiger partial charge is 0.141 e. The first-order valence-corrected chi connectivity index (χ1v) is 7.27. The van der Waals surface area contributed by atoms with E-state index in [0.717, 1.165) is 37.8 Å². The Balaban J connectivity index is 1.89. The summed E-state index contributed by atoms with van der Waals surface area (Å²) in [6.07, 6.45) is 5.34. The summed E-state index contributed by atoms with van der Waals surface area (Å²) in [5, 5.41) is 32.2. The Hall–Kier alpha value is -1.17. The van der Waals surface area contributed by atoms with Crippen LogP contribution < -0.4 is 5.32 Å². The van der Waals surface area contributed by atoms with E-state index >= 15 is 0 Å². The minimum Gasteiger partial charge on any atom is -0.506 e. The van der Waals surface area contributed by atoms with E-state index in [0.29, 0.717) is 23.7 Å². The Bertz CT molecular complexity index is 443. The van der Waals surface area contributed by atoms with Crippen molar-refractivity contribution in [3.63, 3.8) is 0 Å². The first-order chi connectivity index (χ1) is 9.61. The zero-order valence-electron chi connectivity index (χ0n) is 12.0. The summed E-state index contributed by atoms with van der Waals surface area (Å²) in [5.74, 6) is 0.754. The fourth-order valence-electron chi connectivity index (χ4n) is 2.77. The molecule has 1 heterocycles. The molecule has 0 amide bonds. The lowest BCUT2D eigenvalue weighted by atomic mass is 9.87. The first kappa shape index (κ1) is 15.2. The molecule has 0 bridgehead atoms. The normalized spacial score (nSPS) is 22.9. The molecule has 2 rings (SSSR count). The maximum atomic E-state index is 10.0. The van der Waals surface area contributed by atoms with E-state index in [4.69, 9.17) is 0 Å². The van der Waals surface area contributed by atoms with E-state index in [2.05, 4.69) is 10.3 Å². The van der Waals surface area contributed by atoms with Gasteiger partial charge in [-0.3, -0.25) is 4.98 Å². The van der Waals surface area contributed by atoms with Crippen LogP contribution in [0.25, 0.3) is 0 Å². The van der Waals surface area contributed by atoms with Crippen molar-refractivity contribution in [3.05, 3.63) is 23.0 Å². The van der Waals surface area contributed by atoms with Crippen molar-refractivity contribution < 1.29 is 15.3 Å². The van der Waals surface area contributed by atoms with Crippen molar-refractivity contribution in [2.24, 2.45) is 5.92 Å². The van der Waals surface area contributed by atoms with Gasteiger partial charge in [0.25, 0.3) is 0 Å². The van der Waals surface area contributed by atoms with Gasteiger partial charge in [0, 0.05) is 23.9 Å². The second-order valence-electron chi connectivity index (χ2n) is 5.66. The number of rotatable bonds is 5. The lowest BCUT2D eigenvalue weighted by molar-refractivity contribution is 0.108. The average molecular weight is 280 g/mol. The van der Waals surface area contributed by atoms with Crippen LogP contribution in [-0.2, 0) is 13.2 Å². The highest BCUT2D eigenvalue weighted by Crippen LogP contribution is 2.25. The first-order valence-electron chi connectivity index (χ1n) is 7.27. The molecule has 0 atom stereocenters. The SMILES string of the molecule is Cc1ncc(CO)c(CNCC2CCC(O)CC2)c1O. The summed E-state index contributed by atoms with van der Waals surface area (Å²) in [4.78, 5) is 4.05. The van der Waals surface area contributed by atoms with Gasteiger partial charge in [0.05, 0.1) is 18.4 Å². The van der Waals surface area contributed by atoms with Gasteiger partial charge >= 0.3 is 0 Å². The van der Waals surface area contributed by atoms with E-state index in [-0.39, 0.29) is 18.5 Å². The largest absolute Gasteiger partial charge is 0.506 e. The molecule has 1 aliphatic carbocycles. The molecule has 0 radical (unpaired) electrons. The van der Waals surface area contributed by atoms with Gasteiger partial charge in [-0.15, -0.1) is 0 Å². The highest BCUT2D eigenvalue weighted by atomic mass is 16.3. The van der Waals surface area contributed by atoms with Crippen molar-refractivity contribution in [1.29, 1.82) is 0 Å². The number of aryl methyl sites for hydroxylation is 1. The van der Waals surface area contributed by atoms with Crippen molar-refractivity contribution in [3.8, 4) is 5.75 Å². The maximum Gasteiger partial charge on any atom is 0.141 e. The number of hydrogen-bond donors (Lipinski definition) is 4. The van der Waals surface area contributed by atoms with Crippen LogP contribution in [-0.4, -0.2) is 33.0 Å². The third kappa shape index (κ3) is 3.69. The number of hydrogen-bond acceptors (Lipinski definition) is 5. The molecule has 0 saturated heterocycles. The van der Waals surface area contributed by atoms with Crippen molar-refractivity contribution in [2.45, 2.75) is 51.9 Å². The molecule has 0 spiro atoms. The third-order valence-electron chi connectivity index (χ3n) is 4.15. The minimum absolute atomic E-state index is 0.118. The second kappa shape index (κ2) is 7.02. The number of aliphatic hydroxyl groups excluding tert-OH is 2. The summed E-state index contributed by atoms with van der Waals surface area (Å²) in [6.45, 7) is 3.04. The molecule has 5 heteroatoms. The number of aliphatic hydroxyl groups is 2. The molecule has 0 aromatic carbocycles. The summed E-state index contributed by atoms with van der Waals surface area (Å²) in [6, 6.07) is 0. The van der Waals surface area contributed by atoms with E-state index in [9.17, 15) is 15.3 Å². The monoisotopic (exact) mass is 280 g/mol. The van der Waals surface area contributed by atoms with Crippen LogP contribution in [0.5, 0.6) is 5.75 Å². The van der Waals surface area contributed by atoms with Crippen LogP contribution in [0.2, 0.25) is 0 Å². The van der Waals surface area contributed by atoms with Gasteiger partial charge in [0.1, 0.15) is 5.75 Å². The molecule has 20 heavy (non-hydrogen) atoms. The van der Waals surface area contributed by atoms with Crippen LogP contribution in [0.3, 0.4) is 0 Å². The van der Waals surface area contributed by atoms with E-state index in [1.165, 1.54) is 0 Å². The fraction of sp³-hybridized carbons (Fsp3) is 0.667. The van der Waals surface area contributed by atoms with Gasteiger partial charge in [-0.25, -0.2) is 0 Å². The predicted molar refractivity (Wildman–Crippen MR) is 76.2 cm³/mol. The average Bonchev–Trinajstić information content (AvgIpc) is 2.46. The van der Waals surface area contributed by atoms with Gasteiger partial charge in [0.2, 0.25) is 0 Å². The van der Waals surface area contributed by atoms with Gasteiger partial charge in [0.15, 0.2) is 0 Å². The molecule has 1 aliphatic rings. The highest BCUT2D eigenvalue weighted by Gasteiger charge is 2.19. The molecule has 1 fully saturated rings. The number of nitrogens with one attached hydrogen (secondary N) is 1. The standard InChI is InChI=1S/C15H24N2O3/c1-10-15(20)14(12(9-18)7-17-10)8-16-6-11-2-4-13(19)5-3-11/h7,11,13,16,18-20H,2-6,8-9H2,1H3. The quantitative estimate of drug-likeness (QED) is 0.652. The van der Waals surface area contributed by atoms with Crippen LogP contribution in [0, 0.1) is 12.8 Å². The van der Waals surface area contributed by atoms with Crippen LogP contribution in [0.1, 0.15) is 42.5 Å². The van der Waals surface area contributed by atoms with Gasteiger partial charge < -0.3 is 20.6 Å². The van der Waals surface area contributed by atoms with E-state index in [1.54, 1.807) is 13.1 Å². The van der Waals surface area contributed by atoms with E-state index in [1.807, 2.05) is 0 Å². The van der Waals surface area contributed by atoms with E-state index < -0.39 is 0 Å². The number of aromatic hydroxyl groups is 1. The van der Waals surface area contributed by atoms with Crippen molar-refractivity contribution >= 4 is 0 Å². The third-order valence-corrected chi connectivity index (χ3v) is 4.15. The van der Waals surface area contributed by atoms with Gasteiger partial charge in [-0.05, 0) is 45.1 Å². The van der Waals surface area contributed by atoms with Crippen LogP contribution in [0.15, 0.2) is 6.20 Å². The number of nitrogens with zero attached hydrogens (tertiary/aromatic N) is 1. The van der Waals surface area contributed by atoms with Crippen molar-refractivity contribution in [1.82, 2.24) is 10.3 Å². The molecule has 1 aromatic heterocycles. The Morgan fingerprint density at radius 1 is 1.30 bits per heavy atom. The molecular weight excluding hydrogens is 256 g/mol. The lowest BCUT2D eigenvalue weighted by Gasteiger charge is -2.25. The molecule has 0 aliphatic heterocycles. The zero-order chi connectivity index (χ0) is 14.5. The molecule has 4 N–H and O–H groups in total. The Morgan fingerprint density at radius 2 is 2.00 bits per heavy atom. The van der Waals surface area contributed by atoms with Crippen molar-refractivity contribution in [2.75, 3.05) is 6.54 Å². The minimum atomic E-state index is -0.126. The Morgan fingerprint density at radius 3 is 2.65 bits per heavy atom. The Kier molecular flexibility index (Phi) is 5.34. The molecule has 5 nitrogen and oxygen atoms in total. The van der Waals surface area contributed by atoms with Gasteiger partial charge in [-0.2, -0.15) is 0 Å². The number of pyridine rings is 1. The van der Waals surface area contributed by atoms with Crippen LogP contribution >= 0.6 is 0 Å². The Labute approximate surface area is 119 Å². The summed E-state index contributed by atoms with van der Waals surface area (Å²) >= 11 is 0. The van der Waals surface area contributed by atoms with Gasteiger partial charge in [-0.1, -0.05) is 0 Å². The molecule has 112 valence electrons. The maximum absolute atomic E-state index is 10.0. The highest BCUT2D eigenvalue weighted by molar-refractivity contribution is 5.40. The zero-order valence-corrected chi connectivity index (χ0v) is 12.0. The molecule has 1 saturated carbocycles. The lowest BCUT2D eigenvalue weighted by Crippen LogP contribution is -2.28. The summed E-state index contributed by atoms with van der Waals surface area (Å²) < 4.78 is 0. The molecule has 1 aromatic rings. The summed E-state index contributed by atoms with van der Waals surface area (Å²) in [7, 11) is 0. The fourth-order valence-corrected chi connectivity index (χ4v) is 2.77. The van der Waals surface area contributed by atoms with Crippen LogP contribution in [0.4, 0.5) is 0 Å². The second-order valence-corrected chi connectivity index (χ2v) is 5.66. The topological polar surface area (TPSA) is 85.6 Å². The number of aromatic nitrogens is 1.